The van der Waals surface area contributed by atoms with Gasteiger partial charge in [-0.15, -0.1) is 6.42 Å². The van der Waals surface area contributed by atoms with Gasteiger partial charge in [0.2, 0.25) is 5.88 Å². The molecule has 3 heteroatoms. The van der Waals surface area contributed by atoms with Crippen LogP contribution >= 0.6 is 0 Å². The molecular weight excluding hydrogens is 140 g/mol. The number of rotatable bonds is 1. The minimum atomic E-state index is 0.421. The van der Waals surface area contributed by atoms with Crippen LogP contribution < -0.4 is 10.5 Å². The second-order valence-electron chi connectivity index (χ2n) is 1.94. The normalized spacial score (nSPS) is 8.73. The quantitative estimate of drug-likeness (QED) is 0.595. The predicted octanol–water partition coefficient (Wildman–Crippen LogP) is 0.654. The van der Waals surface area contributed by atoms with Crippen molar-refractivity contribution in [3.8, 4) is 18.2 Å². The summed E-state index contributed by atoms with van der Waals surface area (Å²) in [6.45, 7) is 0. The third-order valence-corrected chi connectivity index (χ3v) is 1.25. The lowest BCUT2D eigenvalue weighted by Crippen LogP contribution is -1.95. The Bertz CT molecular complexity index is 301. The van der Waals surface area contributed by atoms with Gasteiger partial charge in [0.1, 0.15) is 5.69 Å². The number of aromatic nitrogens is 1. The van der Waals surface area contributed by atoms with Crippen LogP contribution in [0.5, 0.6) is 5.88 Å². The molecule has 0 aliphatic rings. The number of anilines is 1. The lowest BCUT2D eigenvalue weighted by atomic mass is 10.3. The molecule has 0 aliphatic heterocycles. The molecule has 0 aromatic carbocycles. The van der Waals surface area contributed by atoms with Crippen LogP contribution in [-0.4, -0.2) is 12.1 Å². The fraction of sp³-hybridized carbons (Fsp3) is 0.125. The minimum absolute atomic E-state index is 0.421. The van der Waals surface area contributed by atoms with Crippen LogP contribution in [0.3, 0.4) is 0 Å². The molecular formula is C8H8N2O. The molecule has 0 radical (unpaired) electrons. The first-order valence-corrected chi connectivity index (χ1v) is 3.05. The van der Waals surface area contributed by atoms with E-state index in [2.05, 4.69) is 10.9 Å². The van der Waals surface area contributed by atoms with Gasteiger partial charge in [-0.2, -0.15) is 0 Å². The predicted molar refractivity (Wildman–Crippen MR) is 43.1 cm³/mol. The van der Waals surface area contributed by atoms with Crippen molar-refractivity contribution in [3.05, 3.63) is 17.8 Å². The first-order valence-electron chi connectivity index (χ1n) is 3.05. The van der Waals surface area contributed by atoms with E-state index in [1.54, 1.807) is 12.1 Å². The molecule has 0 amide bonds. The maximum atomic E-state index is 5.49. The fourth-order valence-corrected chi connectivity index (χ4v) is 0.681. The summed E-state index contributed by atoms with van der Waals surface area (Å²) in [4.78, 5) is 3.93. The molecule has 1 aromatic rings. The Hall–Kier alpha value is -1.69. The van der Waals surface area contributed by atoms with Crippen molar-refractivity contribution in [1.29, 1.82) is 0 Å². The molecule has 0 aliphatic carbocycles. The van der Waals surface area contributed by atoms with E-state index in [1.165, 1.54) is 7.11 Å². The van der Waals surface area contributed by atoms with Crippen molar-refractivity contribution < 1.29 is 4.74 Å². The van der Waals surface area contributed by atoms with Crippen molar-refractivity contribution in [1.82, 2.24) is 4.98 Å². The van der Waals surface area contributed by atoms with E-state index in [4.69, 9.17) is 16.9 Å². The van der Waals surface area contributed by atoms with Gasteiger partial charge >= 0.3 is 0 Å². The Morgan fingerprint density at radius 3 is 2.91 bits per heavy atom. The van der Waals surface area contributed by atoms with Crippen LogP contribution in [0.1, 0.15) is 5.69 Å². The van der Waals surface area contributed by atoms with Gasteiger partial charge in [0.25, 0.3) is 0 Å². The molecule has 0 bridgehead atoms. The first-order chi connectivity index (χ1) is 5.27. The zero-order valence-electron chi connectivity index (χ0n) is 6.16. The summed E-state index contributed by atoms with van der Waals surface area (Å²) in [5.41, 5.74) is 6.41. The highest BCUT2D eigenvalue weighted by atomic mass is 16.5. The minimum Gasteiger partial charge on any atom is -0.481 e. The van der Waals surface area contributed by atoms with Gasteiger partial charge in [-0.25, -0.2) is 4.98 Å². The van der Waals surface area contributed by atoms with Gasteiger partial charge in [-0.1, -0.05) is 0 Å². The van der Waals surface area contributed by atoms with Crippen LogP contribution in [0.15, 0.2) is 12.1 Å². The van der Waals surface area contributed by atoms with Crippen molar-refractivity contribution in [3.63, 3.8) is 0 Å². The van der Waals surface area contributed by atoms with Crippen molar-refractivity contribution in [2.75, 3.05) is 12.8 Å². The second kappa shape index (κ2) is 2.93. The Morgan fingerprint density at radius 2 is 2.36 bits per heavy atom. The molecule has 56 valence electrons. The molecule has 0 atom stereocenters. The Morgan fingerprint density at radius 1 is 1.64 bits per heavy atom. The Kier molecular flexibility index (Phi) is 1.98. The van der Waals surface area contributed by atoms with Crippen LogP contribution in [0.2, 0.25) is 0 Å². The van der Waals surface area contributed by atoms with Gasteiger partial charge in [-0.05, 0) is 12.0 Å². The summed E-state index contributed by atoms with van der Waals surface area (Å²) < 4.78 is 4.85. The Labute approximate surface area is 65.2 Å². The zero-order valence-corrected chi connectivity index (χ0v) is 6.16. The molecule has 1 aromatic heterocycles. The number of ether oxygens (including phenoxy) is 1. The molecule has 0 fully saturated rings. The molecule has 0 unspecified atom stereocenters. The summed E-state index contributed by atoms with van der Waals surface area (Å²) >= 11 is 0. The third-order valence-electron chi connectivity index (χ3n) is 1.25. The summed E-state index contributed by atoms with van der Waals surface area (Å²) in [7, 11) is 1.53. The summed E-state index contributed by atoms with van der Waals surface area (Å²) in [6, 6.07) is 3.33. The molecule has 1 rings (SSSR count). The Balaban J connectivity index is 3.15. The maximum Gasteiger partial charge on any atom is 0.214 e. The van der Waals surface area contributed by atoms with Crippen LogP contribution in [0.4, 0.5) is 5.69 Å². The maximum absolute atomic E-state index is 5.49. The highest BCUT2D eigenvalue weighted by Gasteiger charge is 1.98. The van der Waals surface area contributed by atoms with Crippen LogP contribution in [-0.2, 0) is 0 Å². The zero-order chi connectivity index (χ0) is 8.27. The molecule has 11 heavy (non-hydrogen) atoms. The number of hydrogen-bond donors (Lipinski definition) is 1. The molecule has 3 nitrogen and oxygen atoms in total. The monoisotopic (exact) mass is 148 g/mol. The number of methoxy groups -OCH3 is 1. The second-order valence-corrected chi connectivity index (χ2v) is 1.94. The lowest BCUT2D eigenvalue weighted by molar-refractivity contribution is 0.397. The van der Waals surface area contributed by atoms with Crippen molar-refractivity contribution in [2.45, 2.75) is 0 Å². The van der Waals surface area contributed by atoms with E-state index in [1.807, 2.05) is 0 Å². The average molecular weight is 148 g/mol. The topological polar surface area (TPSA) is 48.1 Å². The van der Waals surface area contributed by atoms with Gasteiger partial charge in [-0.3, -0.25) is 0 Å². The van der Waals surface area contributed by atoms with Crippen LogP contribution in [0, 0.1) is 12.3 Å². The summed E-state index contributed by atoms with van der Waals surface area (Å²) in [6.07, 6.45) is 5.13. The fourth-order valence-electron chi connectivity index (χ4n) is 0.681. The number of hydrogen-bond acceptors (Lipinski definition) is 3. The first kappa shape index (κ1) is 7.42. The lowest BCUT2D eigenvalue weighted by Gasteiger charge is -2.00. The SMILES string of the molecule is C#Cc1nc(OC)ccc1N. The third kappa shape index (κ3) is 1.41. The van der Waals surface area contributed by atoms with Gasteiger partial charge in [0.15, 0.2) is 0 Å². The molecule has 0 saturated heterocycles. The van der Waals surface area contributed by atoms with Crippen molar-refractivity contribution >= 4 is 5.69 Å². The molecule has 0 saturated carbocycles. The number of pyridine rings is 1. The van der Waals surface area contributed by atoms with E-state index < -0.39 is 0 Å². The smallest absolute Gasteiger partial charge is 0.214 e. The average Bonchev–Trinajstić information content (AvgIpc) is 2.05. The van der Waals surface area contributed by atoms with E-state index in [0.717, 1.165) is 0 Å². The van der Waals surface area contributed by atoms with Crippen LogP contribution in [0.25, 0.3) is 0 Å². The molecule has 1 heterocycles. The van der Waals surface area contributed by atoms with E-state index >= 15 is 0 Å². The highest BCUT2D eigenvalue weighted by molar-refractivity contribution is 5.51. The summed E-state index contributed by atoms with van der Waals surface area (Å²) in [5.74, 6) is 2.83. The summed E-state index contributed by atoms with van der Waals surface area (Å²) in [5, 5.41) is 0. The number of nitrogens with two attached hydrogens (primary N) is 1. The van der Waals surface area contributed by atoms with Crippen molar-refractivity contribution in [2.24, 2.45) is 0 Å². The van der Waals surface area contributed by atoms with E-state index in [0.29, 0.717) is 17.3 Å². The van der Waals surface area contributed by atoms with Gasteiger partial charge in [0.05, 0.1) is 12.8 Å². The number of nitrogens with zero attached hydrogens (tertiary/aromatic N) is 1. The van der Waals surface area contributed by atoms with E-state index in [-0.39, 0.29) is 0 Å². The highest BCUT2D eigenvalue weighted by Crippen LogP contribution is 2.12. The largest absolute Gasteiger partial charge is 0.481 e. The number of nitrogen functional groups attached to an aromatic ring is 1. The molecule has 2 N–H and O–H groups in total. The molecule has 0 spiro atoms. The van der Waals surface area contributed by atoms with E-state index in [9.17, 15) is 0 Å². The van der Waals surface area contributed by atoms with Gasteiger partial charge < -0.3 is 10.5 Å². The number of terminal acetylenes is 1. The van der Waals surface area contributed by atoms with Gasteiger partial charge in [0, 0.05) is 6.07 Å². The standard InChI is InChI=1S/C8H8N2O/c1-3-7-6(9)4-5-8(10-7)11-2/h1,4-5H,9H2,2H3.